The lowest BCUT2D eigenvalue weighted by atomic mass is 10.2. The fraction of sp³-hybridized carbons (Fsp3) is 0.278. The van der Waals surface area contributed by atoms with Crippen molar-refractivity contribution in [2.24, 2.45) is 0 Å². The van der Waals surface area contributed by atoms with Crippen LogP contribution >= 0.6 is 23.2 Å². The second-order valence-electron chi connectivity index (χ2n) is 5.95. The smallest absolute Gasteiger partial charge is 0.303 e. The first-order chi connectivity index (χ1) is 12.7. The van der Waals surface area contributed by atoms with E-state index in [1.54, 1.807) is 42.5 Å². The van der Waals surface area contributed by atoms with Crippen LogP contribution in [0.25, 0.3) is 0 Å². The van der Waals surface area contributed by atoms with Gasteiger partial charge in [0, 0.05) is 18.7 Å². The van der Waals surface area contributed by atoms with Gasteiger partial charge in [-0.25, -0.2) is 8.42 Å². The van der Waals surface area contributed by atoms with Gasteiger partial charge >= 0.3 is 5.97 Å². The van der Waals surface area contributed by atoms with Crippen LogP contribution in [0.15, 0.2) is 42.5 Å². The Morgan fingerprint density at radius 3 is 2.41 bits per heavy atom. The van der Waals surface area contributed by atoms with Crippen LogP contribution in [-0.4, -0.2) is 32.3 Å². The summed E-state index contributed by atoms with van der Waals surface area (Å²) in [7, 11) is -3.54. The van der Waals surface area contributed by atoms with Crippen LogP contribution in [0.2, 0.25) is 10.0 Å². The van der Waals surface area contributed by atoms with E-state index < -0.39 is 16.0 Å². The molecule has 0 aliphatic heterocycles. The molecule has 27 heavy (non-hydrogen) atoms. The number of nitrogens with zero attached hydrogens (tertiary/aromatic N) is 1. The maximum Gasteiger partial charge on any atom is 0.303 e. The summed E-state index contributed by atoms with van der Waals surface area (Å²) in [5, 5.41) is 12.4. The monoisotopic (exact) mass is 430 g/mol. The lowest BCUT2D eigenvalue weighted by Gasteiger charge is -2.23. The van der Waals surface area contributed by atoms with Gasteiger partial charge in [-0.15, -0.1) is 0 Å². The number of carboxylic acids is 1. The molecule has 0 aliphatic rings. The molecule has 0 unspecified atom stereocenters. The number of anilines is 2. The SMILES string of the molecule is CS(=O)(=O)N(Cc1cccc(Cl)c1Cl)c1ccc(NCCCC(=O)O)cc1. The van der Waals surface area contributed by atoms with Gasteiger partial charge in [0.05, 0.1) is 28.5 Å². The van der Waals surface area contributed by atoms with Crippen LogP contribution in [-0.2, 0) is 21.4 Å². The lowest BCUT2D eigenvalue weighted by molar-refractivity contribution is -0.137. The summed E-state index contributed by atoms with van der Waals surface area (Å²) < 4.78 is 25.8. The predicted molar refractivity (Wildman–Crippen MR) is 109 cm³/mol. The molecule has 9 heteroatoms. The third-order valence-electron chi connectivity index (χ3n) is 3.80. The van der Waals surface area contributed by atoms with Gasteiger partial charge in [0.15, 0.2) is 0 Å². The molecule has 146 valence electrons. The van der Waals surface area contributed by atoms with Crippen LogP contribution in [0.5, 0.6) is 0 Å². The molecule has 0 aromatic heterocycles. The van der Waals surface area contributed by atoms with Crippen molar-refractivity contribution in [1.29, 1.82) is 0 Å². The number of carbonyl (C=O) groups is 1. The average Bonchev–Trinajstić information content (AvgIpc) is 2.59. The second-order valence-corrected chi connectivity index (χ2v) is 8.65. The zero-order valence-electron chi connectivity index (χ0n) is 14.7. The molecule has 0 fully saturated rings. The number of benzene rings is 2. The minimum absolute atomic E-state index is 0.0591. The summed E-state index contributed by atoms with van der Waals surface area (Å²) in [5.41, 5.74) is 1.87. The molecule has 0 heterocycles. The second kappa shape index (κ2) is 9.30. The topological polar surface area (TPSA) is 86.7 Å². The summed E-state index contributed by atoms with van der Waals surface area (Å²) in [5.74, 6) is -0.837. The van der Waals surface area contributed by atoms with Crippen LogP contribution in [0.4, 0.5) is 11.4 Å². The van der Waals surface area contributed by atoms with Crippen molar-refractivity contribution >= 4 is 50.6 Å². The van der Waals surface area contributed by atoms with Crippen molar-refractivity contribution in [3.05, 3.63) is 58.1 Å². The minimum atomic E-state index is -3.54. The van der Waals surface area contributed by atoms with E-state index in [0.717, 1.165) is 11.9 Å². The Bertz CT molecular complexity index is 902. The van der Waals surface area contributed by atoms with Gasteiger partial charge in [-0.3, -0.25) is 9.10 Å². The Kier molecular flexibility index (Phi) is 7.35. The van der Waals surface area contributed by atoms with Crippen molar-refractivity contribution in [3.8, 4) is 0 Å². The molecule has 0 aliphatic carbocycles. The van der Waals surface area contributed by atoms with Crippen molar-refractivity contribution in [1.82, 2.24) is 0 Å². The average molecular weight is 431 g/mol. The molecule has 0 spiro atoms. The Labute approximate surface area is 168 Å². The highest BCUT2D eigenvalue weighted by atomic mass is 35.5. The Morgan fingerprint density at radius 1 is 1.15 bits per heavy atom. The summed E-state index contributed by atoms with van der Waals surface area (Å²) in [6, 6.07) is 11.9. The van der Waals surface area contributed by atoms with E-state index in [1.165, 1.54) is 4.31 Å². The van der Waals surface area contributed by atoms with E-state index in [-0.39, 0.29) is 13.0 Å². The molecule has 0 bridgehead atoms. The maximum atomic E-state index is 12.3. The van der Waals surface area contributed by atoms with Gasteiger partial charge in [-0.1, -0.05) is 35.3 Å². The van der Waals surface area contributed by atoms with E-state index in [1.807, 2.05) is 0 Å². The third-order valence-corrected chi connectivity index (χ3v) is 5.80. The minimum Gasteiger partial charge on any atom is -0.481 e. The highest BCUT2D eigenvalue weighted by Gasteiger charge is 2.19. The van der Waals surface area contributed by atoms with Crippen molar-refractivity contribution < 1.29 is 18.3 Å². The first kappa shape index (κ1) is 21.3. The molecule has 0 amide bonds. The molecular weight excluding hydrogens is 411 g/mol. The molecule has 6 nitrogen and oxygen atoms in total. The summed E-state index contributed by atoms with van der Waals surface area (Å²) in [4.78, 5) is 10.5. The zero-order chi connectivity index (χ0) is 20.0. The number of aliphatic carboxylic acids is 1. The van der Waals surface area contributed by atoms with Crippen molar-refractivity contribution in [2.45, 2.75) is 19.4 Å². The molecule has 2 aromatic carbocycles. The van der Waals surface area contributed by atoms with Gasteiger partial charge in [0.25, 0.3) is 0 Å². The molecule has 2 N–H and O–H groups in total. The van der Waals surface area contributed by atoms with Crippen LogP contribution < -0.4 is 9.62 Å². The summed E-state index contributed by atoms with van der Waals surface area (Å²) in [6.07, 6.45) is 1.72. The van der Waals surface area contributed by atoms with Gasteiger partial charge < -0.3 is 10.4 Å². The van der Waals surface area contributed by atoms with E-state index in [9.17, 15) is 13.2 Å². The number of sulfonamides is 1. The van der Waals surface area contributed by atoms with Crippen LogP contribution in [0, 0.1) is 0 Å². The number of carboxylic acid groups (broad SMARTS) is 1. The van der Waals surface area contributed by atoms with Crippen LogP contribution in [0.3, 0.4) is 0 Å². The van der Waals surface area contributed by atoms with E-state index in [2.05, 4.69) is 5.32 Å². The first-order valence-corrected chi connectivity index (χ1v) is 10.7. The highest BCUT2D eigenvalue weighted by molar-refractivity contribution is 7.92. The fourth-order valence-corrected chi connectivity index (χ4v) is 3.70. The van der Waals surface area contributed by atoms with Crippen LogP contribution in [0.1, 0.15) is 18.4 Å². The maximum absolute atomic E-state index is 12.3. The molecule has 0 radical (unpaired) electrons. The molecule has 2 rings (SSSR count). The van der Waals surface area contributed by atoms with E-state index in [4.69, 9.17) is 28.3 Å². The molecule has 2 aromatic rings. The predicted octanol–water partition coefficient (Wildman–Crippen LogP) is 4.24. The Hall–Kier alpha value is -1.96. The fourth-order valence-electron chi connectivity index (χ4n) is 2.44. The molecule has 0 saturated carbocycles. The van der Waals surface area contributed by atoms with Gasteiger partial charge in [-0.2, -0.15) is 0 Å². The van der Waals surface area contributed by atoms with E-state index in [0.29, 0.717) is 34.3 Å². The molecule has 0 atom stereocenters. The quantitative estimate of drug-likeness (QED) is 0.580. The Balaban J connectivity index is 2.15. The number of hydrogen-bond acceptors (Lipinski definition) is 4. The highest BCUT2D eigenvalue weighted by Crippen LogP contribution is 2.29. The number of halogens is 2. The van der Waals surface area contributed by atoms with Crippen molar-refractivity contribution in [3.63, 3.8) is 0 Å². The lowest BCUT2D eigenvalue weighted by Crippen LogP contribution is -2.29. The largest absolute Gasteiger partial charge is 0.481 e. The van der Waals surface area contributed by atoms with Gasteiger partial charge in [-0.05, 0) is 42.3 Å². The standard InChI is InChI=1S/C18H20Cl2N2O4S/c1-27(25,26)22(12-13-4-2-5-16(19)18(13)20)15-9-7-14(8-10-15)21-11-3-6-17(23)24/h2,4-5,7-10,21H,3,6,11-12H2,1H3,(H,23,24). The normalized spacial score (nSPS) is 11.2. The summed E-state index contributed by atoms with van der Waals surface area (Å²) in [6.45, 7) is 0.573. The third kappa shape index (κ3) is 6.30. The zero-order valence-corrected chi connectivity index (χ0v) is 17.0. The first-order valence-electron chi connectivity index (χ1n) is 8.15. The number of nitrogens with one attached hydrogen (secondary N) is 1. The molecule has 0 saturated heterocycles. The molecular formula is C18H20Cl2N2O4S. The van der Waals surface area contributed by atoms with E-state index >= 15 is 0 Å². The number of rotatable bonds is 9. The summed E-state index contributed by atoms with van der Waals surface area (Å²) >= 11 is 12.2. The number of hydrogen-bond donors (Lipinski definition) is 2. The Morgan fingerprint density at radius 2 is 1.81 bits per heavy atom. The van der Waals surface area contributed by atoms with Gasteiger partial charge in [0.1, 0.15) is 0 Å². The van der Waals surface area contributed by atoms with Gasteiger partial charge in [0.2, 0.25) is 10.0 Å². The van der Waals surface area contributed by atoms with Crippen molar-refractivity contribution in [2.75, 3.05) is 22.4 Å².